The molecule has 2 aliphatic rings. The van der Waals surface area contributed by atoms with Crippen molar-refractivity contribution in [2.75, 3.05) is 24.6 Å². The molecular formula is C10H20N2S. The van der Waals surface area contributed by atoms with Crippen LogP contribution in [0.25, 0.3) is 0 Å². The number of hydrogen-bond donors (Lipinski definition) is 2. The summed E-state index contributed by atoms with van der Waals surface area (Å²) in [6.45, 7) is 2.41. The van der Waals surface area contributed by atoms with Crippen molar-refractivity contribution in [1.29, 1.82) is 0 Å². The van der Waals surface area contributed by atoms with E-state index in [9.17, 15) is 0 Å². The van der Waals surface area contributed by atoms with Crippen molar-refractivity contribution in [3.8, 4) is 0 Å². The normalized spacial score (nSPS) is 31.8. The van der Waals surface area contributed by atoms with Gasteiger partial charge in [0.15, 0.2) is 0 Å². The Morgan fingerprint density at radius 2 is 1.92 bits per heavy atom. The predicted molar refractivity (Wildman–Crippen MR) is 59.4 cm³/mol. The van der Waals surface area contributed by atoms with Gasteiger partial charge in [-0.15, -0.1) is 0 Å². The first-order chi connectivity index (χ1) is 6.45. The molecule has 2 nitrogen and oxygen atoms in total. The molecule has 3 heteroatoms. The van der Waals surface area contributed by atoms with Crippen molar-refractivity contribution in [2.24, 2.45) is 0 Å². The molecule has 2 fully saturated rings. The highest BCUT2D eigenvalue weighted by atomic mass is 32.2. The summed E-state index contributed by atoms with van der Waals surface area (Å²) >= 11 is 2.11. The van der Waals surface area contributed by atoms with Gasteiger partial charge in [0.05, 0.1) is 0 Å². The average Bonchev–Trinajstić information content (AvgIpc) is 2.21. The van der Waals surface area contributed by atoms with Crippen molar-refractivity contribution in [3.63, 3.8) is 0 Å². The van der Waals surface area contributed by atoms with E-state index < -0.39 is 0 Å². The third kappa shape index (κ3) is 3.15. The number of rotatable bonds is 2. The molecule has 0 aromatic carbocycles. The van der Waals surface area contributed by atoms with Crippen molar-refractivity contribution < 1.29 is 0 Å². The minimum atomic E-state index is 0.752. The van der Waals surface area contributed by atoms with Gasteiger partial charge in [0, 0.05) is 18.6 Å². The maximum Gasteiger partial charge on any atom is 0.0195 e. The summed E-state index contributed by atoms with van der Waals surface area (Å²) in [5.74, 6) is 2.72. The quantitative estimate of drug-likeness (QED) is 0.701. The summed E-state index contributed by atoms with van der Waals surface area (Å²) in [5.41, 5.74) is 0. The lowest BCUT2D eigenvalue weighted by Gasteiger charge is -2.30. The SMILES string of the molecule is C1CNCC(NC2CCSCC2)C1. The van der Waals surface area contributed by atoms with Gasteiger partial charge in [0.2, 0.25) is 0 Å². The fourth-order valence-electron chi connectivity index (χ4n) is 2.19. The molecule has 0 saturated carbocycles. The van der Waals surface area contributed by atoms with Gasteiger partial charge in [-0.1, -0.05) is 0 Å². The molecule has 0 aromatic rings. The molecule has 0 aromatic heterocycles. The zero-order valence-corrected chi connectivity index (χ0v) is 9.04. The zero-order chi connectivity index (χ0) is 8.93. The van der Waals surface area contributed by atoms with Crippen molar-refractivity contribution in [2.45, 2.75) is 37.8 Å². The Morgan fingerprint density at radius 3 is 2.62 bits per heavy atom. The zero-order valence-electron chi connectivity index (χ0n) is 8.22. The topological polar surface area (TPSA) is 24.1 Å². The lowest BCUT2D eigenvalue weighted by atomic mass is 10.0. The second-order valence-corrected chi connectivity index (χ2v) is 5.32. The van der Waals surface area contributed by atoms with Gasteiger partial charge < -0.3 is 10.6 Å². The molecule has 1 unspecified atom stereocenters. The fourth-order valence-corrected chi connectivity index (χ4v) is 3.30. The van der Waals surface area contributed by atoms with Gasteiger partial charge >= 0.3 is 0 Å². The Hall–Kier alpha value is 0.270. The molecule has 2 N–H and O–H groups in total. The van der Waals surface area contributed by atoms with E-state index in [1.54, 1.807) is 0 Å². The maximum atomic E-state index is 3.78. The van der Waals surface area contributed by atoms with E-state index in [1.807, 2.05) is 0 Å². The minimum Gasteiger partial charge on any atom is -0.315 e. The van der Waals surface area contributed by atoms with E-state index >= 15 is 0 Å². The lowest BCUT2D eigenvalue weighted by Crippen LogP contribution is -2.48. The van der Waals surface area contributed by atoms with Crippen LogP contribution in [0.15, 0.2) is 0 Å². The van der Waals surface area contributed by atoms with Gasteiger partial charge in [-0.05, 0) is 43.7 Å². The second kappa shape index (κ2) is 5.23. The molecule has 0 amide bonds. The van der Waals surface area contributed by atoms with Crippen LogP contribution in [-0.2, 0) is 0 Å². The number of nitrogens with one attached hydrogen (secondary N) is 2. The fraction of sp³-hybridized carbons (Fsp3) is 1.00. The summed E-state index contributed by atoms with van der Waals surface area (Å²) in [6, 6.07) is 1.56. The molecule has 0 spiro atoms. The van der Waals surface area contributed by atoms with Crippen LogP contribution in [0.3, 0.4) is 0 Å². The van der Waals surface area contributed by atoms with Crippen molar-refractivity contribution >= 4 is 11.8 Å². The Morgan fingerprint density at radius 1 is 1.08 bits per heavy atom. The van der Waals surface area contributed by atoms with Crippen LogP contribution in [0.1, 0.15) is 25.7 Å². The molecule has 0 bridgehead atoms. The molecule has 76 valence electrons. The summed E-state index contributed by atoms with van der Waals surface area (Å²) in [5, 5.41) is 7.24. The largest absolute Gasteiger partial charge is 0.315 e. The van der Waals surface area contributed by atoms with E-state index in [2.05, 4.69) is 22.4 Å². The molecule has 2 heterocycles. The maximum absolute atomic E-state index is 3.78. The molecule has 1 atom stereocenters. The van der Waals surface area contributed by atoms with Crippen molar-refractivity contribution in [1.82, 2.24) is 10.6 Å². The molecule has 0 radical (unpaired) electrons. The van der Waals surface area contributed by atoms with Crippen molar-refractivity contribution in [3.05, 3.63) is 0 Å². The second-order valence-electron chi connectivity index (χ2n) is 4.10. The average molecular weight is 200 g/mol. The molecule has 0 aliphatic carbocycles. The number of piperidine rings is 1. The Labute approximate surface area is 85.2 Å². The van der Waals surface area contributed by atoms with E-state index in [1.165, 1.54) is 50.3 Å². The van der Waals surface area contributed by atoms with Gasteiger partial charge in [-0.3, -0.25) is 0 Å². The first-order valence-electron chi connectivity index (χ1n) is 5.49. The molecule has 2 saturated heterocycles. The first-order valence-corrected chi connectivity index (χ1v) is 6.65. The third-order valence-corrected chi connectivity index (χ3v) is 4.04. The third-order valence-electron chi connectivity index (χ3n) is 2.99. The Bertz CT molecular complexity index is 124. The predicted octanol–water partition coefficient (Wildman–Crippen LogP) is 1.22. The van der Waals surface area contributed by atoms with Gasteiger partial charge in [0.1, 0.15) is 0 Å². The van der Waals surface area contributed by atoms with Crippen LogP contribution < -0.4 is 10.6 Å². The van der Waals surface area contributed by atoms with Crippen LogP contribution >= 0.6 is 11.8 Å². The first kappa shape index (κ1) is 9.81. The molecule has 2 aliphatic heterocycles. The molecule has 13 heavy (non-hydrogen) atoms. The van der Waals surface area contributed by atoms with Crippen LogP contribution in [0.2, 0.25) is 0 Å². The monoisotopic (exact) mass is 200 g/mol. The highest BCUT2D eigenvalue weighted by molar-refractivity contribution is 7.99. The van der Waals surface area contributed by atoms with E-state index in [-0.39, 0.29) is 0 Å². The lowest BCUT2D eigenvalue weighted by molar-refractivity contribution is 0.339. The summed E-state index contributed by atoms with van der Waals surface area (Å²) in [7, 11) is 0. The Balaban J connectivity index is 1.69. The highest BCUT2D eigenvalue weighted by Crippen LogP contribution is 2.18. The summed E-state index contributed by atoms with van der Waals surface area (Å²) in [4.78, 5) is 0. The van der Waals surface area contributed by atoms with E-state index in [0.717, 1.165) is 12.1 Å². The molecule has 2 rings (SSSR count). The number of hydrogen-bond acceptors (Lipinski definition) is 3. The van der Waals surface area contributed by atoms with Crippen LogP contribution in [0.4, 0.5) is 0 Å². The van der Waals surface area contributed by atoms with Crippen LogP contribution in [-0.4, -0.2) is 36.7 Å². The highest BCUT2D eigenvalue weighted by Gasteiger charge is 2.19. The van der Waals surface area contributed by atoms with Gasteiger partial charge in [-0.25, -0.2) is 0 Å². The molecular weight excluding hydrogens is 180 g/mol. The summed E-state index contributed by atoms with van der Waals surface area (Å²) in [6.07, 6.45) is 5.47. The van der Waals surface area contributed by atoms with E-state index in [0.29, 0.717) is 0 Å². The Kier molecular flexibility index (Phi) is 3.94. The smallest absolute Gasteiger partial charge is 0.0195 e. The van der Waals surface area contributed by atoms with Crippen LogP contribution in [0.5, 0.6) is 0 Å². The summed E-state index contributed by atoms with van der Waals surface area (Å²) < 4.78 is 0. The number of thioether (sulfide) groups is 1. The van der Waals surface area contributed by atoms with Crippen LogP contribution in [0, 0.1) is 0 Å². The van der Waals surface area contributed by atoms with Gasteiger partial charge in [-0.2, -0.15) is 11.8 Å². The van der Waals surface area contributed by atoms with Gasteiger partial charge in [0.25, 0.3) is 0 Å². The van der Waals surface area contributed by atoms with E-state index in [4.69, 9.17) is 0 Å². The standard InChI is InChI=1S/C10H20N2S/c1-2-10(8-11-5-1)12-9-3-6-13-7-4-9/h9-12H,1-8H2. The minimum absolute atomic E-state index is 0.752.